The molecular formula is C22H22N2O3S. The number of aromatic nitrogens is 1. The van der Waals surface area contributed by atoms with Crippen molar-refractivity contribution < 1.29 is 14.3 Å². The van der Waals surface area contributed by atoms with E-state index in [-0.39, 0.29) is 12.5 Å². The highest BCUT2D eigenvalue weighted by Gasteiger charge is 2.22. The summed E-state index contributed by atoms with van der Waals surface area (Å²) in [5.74, 6) is -0.513. The molecule has 28 heavy (non-hydrogen) atoms. The summed E-state index contributed by atoms with van der Waals surface area (Å²) in [7, 11) is 0. The van der Waals surface area contributed by atoms with E-state index in [0.29, 0.717) is 16.4 Å². The molecule has 0 aliphatic rings. The quantitative estimate of drug-likeness (QED) is 0.564. The number of anilines is 2. The number of aryl methyl sites for hydroxylation is 3. The molecule has 0 atom stereocenters. The third kappa shape index (κ3) is 4.28. The van der Waals surface area contributed by atoms with Crippen molar-refractivity contribution in [3.63, 3.8) is 0 Å². The largest absolute Gasteiger partial charge is 0.456 e. The molecule has 1 aromatic heterocycles. The van der Waals surface area contributed by atoms with E-state index in [1.807, 2.05) is 32.2 Å². The molecule has 0 unspecified atom stereocenters. The number of amides is 1. The van der Waals surface area contributed by atoms with Crippen molar-refractivity contribution in [2.45, 2.75) is 34.3 Å². The predicted octanol–water partition coefficient (Wildman–Crippen LogP) is 5.11. The van der Waals surface area contributed by atoms with Crippen molar-refractivity contribution in [2.75, 3.05) is 4.90 Å². The molecule has 1 heterocycles. The summed E-state index contributed by atoms with van der Waals surface area (Å²) in [6, 6.07) is 12.9. The highest BCUT2D eigenvalue weighted by Crippen LogP contribution is 2.34. The van der Waals surface area contributed by atoms with Crippen molar-refractivity contribution in [1.29, 1.82) is 0 Å². The van der Waals surface area contributed by atoms with E-state index in [2.05, 4.69) is 17.1 Å². The van der Waals surface area contributed by atoms with Gasteiger partial charge < -0.3 is 4.74 Å². The number of ether oxygens (including phenoxy) is 1. The molecule has 0 saturated heterocycles. The van der Waals surface area contributed by atoms with E-state index in [1.165, 1.54) is 18.3 Å². The van der Waals surface area contributed by atoms with Crippen molar-refractivity contribution >= 4 is 34.0 Å². The van der Waals surface area contributed by atoms with Gasteiger partial charge in [0.05, 0.1) is 16.9 Å². The molecule has 144 valence electrons. The van der Waals surface area contributed by atoms with Crippen LogP contribution in [0.25, 0.3) is 0 Å². The van der Waals surface area contributed by atoms with Crippen molar-refractivity contribution in [3.8, 4) is 0 Å². The molecule has 0 aliphatic heterocycles. The van der Waals surface area contributed by atoms with Gasteiger partial charge in [0.15, 0.2) is 5.13 Å². The number of carbonyl (C=O) groups is 2. The molecule has 0 N–H and O–H groups in total. The lowest BCUT2D eigenvalue weighted by molar-refractivity contribution is -0.115. The second kappa shape index (κ2) is 8.35. The summed E-state index contributed by atoms with van der Waals surface area (Å²) in [5, 5.41) is 2.37. The topological polar surface area (TPSA) is 59.5 Å². The maximum absolute atomic E-state index is 12.4. The van der Waals surface area contributed by atoms with Crippen LogP contribution in [-0.2, 0) is 16.1 Å². The standard InChI is InChI=1S/C22H22N2O3S/c1-14-10-15(2)20(16(3)11-14)24(17(4)25)22-23-19(13-28-22)12-27-21(26)18-8-6-5-7-9-18/h5-11,13H,12H2,1-4H3. The minimum atomic E-state index is -0.399. The molecule has 0 saturated carbocycles. The monoisotopic (exact) mass is 394 g/mol. The molecule has 0 fully saturated rings. The maximum Gasteiger partial charge on any atom is 0.338 e. The molecule has 3 aromatic rings. The van der Waals surface area contributed by atoms with Crippen molar-refractivity contribution in [3.05, 3.63) is 75.8 Å². The Morgan fingerprint density at radius 2 is 1.71 bits per heavy atom. The molecular weight excluding hydrogens is 372 g/mol. The summed E-state index contributed by atoms with van der Waals surface area (Å²) >= 11 is 1.35. The number of hydrogen-bond acceptors (Lipinski definition) is 5. The van der Waals surface area contributed by atoms with E-state index in [9.17, 15) is 9.59 Å². The van der Waals surface area contributed by atoms with Crippen LogP contribution in [0.2, 0.25) is 0 Å². The third-order valence-electron chi connectivity index (χ3n) is 4.27. The Bertz CT molecular complexity index is 989. The van der Waals surface area contributed by atoms with Gasteiger partial charge in [-0.2, -0.15) is 0 Å². The minimum absolute atomic E-state index is 0.0574. The van der Waals surface area contributed by atoms with Gasteiger partial charge in [0.1, 0.15) is 6.61 Å². The van der Waals surface area contributed by atoms with Gasteiger partial charge in [0.2, 0.25) is 5.91 Å². The number of benzene rings is 2. The zero-order valence-electron chi connectivity index (χ0n) is 16.4. The number of hydrogen-bond donors (Lipinski definition) is 0. The summed E-state index contributed by atoms with van der Waals surface area (Å²) in [4.78, 5) is 30.6. The van der Waals surface area contributed by atoms with Crippen LogP contribution in [0.1, 0.15) is 39.7 Å². The molecule has 0 radical (unpaired) electrons. The summed E-state index contributed by atoms with van der Waals surface area (Å²) < 4.78 is 5.34. The van der Waals surface area contributed by atoms with Gasteiger partial charge >= 0.3 is 5.97 Å². The Morgan fingerprint density at radius 3 is 2.32 bits per heavy atom. The first-order chi connectivity index (χ1) is 13.4. The Balaban J connectivity index is 1.81. The summed E-state index contributed by atoms with van der Waals surface area (Å²) in [6.45, 7) is 7.59. The van der Waals surface area contributed by atoms with Crippen LogP contribution in [0.3, 0.4) is 0 Å². The normalized spacial score (nSPS) is 10.6. The highest BCUT2D eigenvalue weighted by molar-refractivity contribution is 7.14. The van der Waals surface area contributed by atoms with Gasteiger partial charge in [-0.25, -0.2) is 9.78 Å². The SMILES string of the molecule is CC(=O)N(c1nc(COC(=O)c2ccccc2)cs1)c1c(C)cc(C)cc1C. The minimum Gasteiger partial charge on any atom is -0.456 e. The van der Waals surface area contributed by atoms with Crippen LogP contribution in [0.4, 0.5) is 10.8 Å². The lowest BCUT2D eigenvalue weighted by Gasteiger charge is -2.23. The van der Waals surface area contributed by atoms with Gasteiger partial charge in [-0.1, -0.05) is 35.9 Å². The second-order valence-corrected chi connectivity index (χ2v) is 7.50. The molecule has 6 heteroatoms. The van der Waals surface area contributed by atoms with Crippen LogP contribution in [0.5, 0.6) is 0 Å². The number of rotatable bonds is 5. The fourth-order valence-corrected chi connectivity index (χ4v) is 4.03. The van der Waals surface area contributed by atoms with Crippen molar-refractivity contribution in [1.82, 2.24) is 4.98 Å². The fraction of sp³-hybridized carbons (Fsp3) is 0.227. The van der Waals surface area contributed by atoms with E-state index in [4.69, 9.17) is 4.74 Å². The first-order valence-corrected chi connectivity index (χ1v) is 9.80. The lowest BCUT2D eigenvalue weighted by atomic mass is 10.0. The summed E-state index contributed by atoms with van der Waals surface area (Å²) in [6.07, 6.45) is 0. The lowest BCUT2D eigenvalue weighted by Crippen LogP contribution is -2.24. The highest BCUT2D eigenvalue weighted by atomic mass is 32.1. The molecule has 0 aliphatic carbocycles. The van der Waals surface area contributed by atoms with Crippen LogP contribution in [0, 0.1) is 20.8 Å². The average molecular weight is 394 g/mol. The molecule has 3 rings (SSSR count). The first kappa shape index (κ1) is 19.8. The van der Waals surface area contributed by atoms with E-state index in [0.717, 1.165) is 22.4 Å². The van der Waals surface area contributed by atoms with E-state index < -0.39 is 5.97 Å². The number of esters is 1. The van der Waals surface area contributed by atoms with E-state index >= 15 is 0 Å². The second-order valence-electron chi connectivity index (χ2n) is 6.67. The average Bonchev–Trinajstić information content (AvgIpc) is 3.11. The van der Waals surface area contributed by atoms with Gasteiger partial charge in [-0.15, -0.1) is 11.3 Å². The first-order valence-electron chi connectivity index (χ1n) is 8.92. The van der Waals surface area contributed by atoms with Crippen LogP contribution in [-0.4, -0.2) is 16.9 Å². The van der Waals surface area contributed by atoms with Gasteiger partial charge in [-0.05, 0) is 44.0 Å². The van der Waals surface area contributed by atoms with Gasteiger partial charge in [0, 0.05) is 12.3 Å². The molecule has 5 nitrogen and oxygen atoms in total. The molecule has 1 amide bonds. The van der Waals surface area contributed by atoms with Crippen LogP contribution < -0.4 is 4.90 Å². The fourth-order valence-electron chi connectivity index (χ4n) is 3.18. The Kier molecular flexibility index (Phi) is 5.90. The number of nitrogens with zero attached hydrogens (tertiary/aromatic N) is 2. The molecule has 2 aromatic carbocycles. The van der Waals surface area contributed by atoms with E-state index in [1.54, 1.807) is 29.2 Å². The third-order valence-corrected chi connectivity index (χ3v) is 5.14. The Morgan fingerprint density at radius 1 is 1.07 bits per heavy atom. The van der Waals surface area contributed by atoms with Gasteiger partial charge in [-0.3, -0.25) is 9.69 Å². The smallest absolute Gasteiger partial charge is 0.338 e. The Hall–Kier alpha value is -2.99. The maximum atomic E-state index is 12.4. The number of thiazole rings is 1. The predicted molar refractivity (Wildman–Crippen MR) is 111 cm³/mol. The van der Waals surface area contributed by atoms with Crippen molar-refractivity contribution in [2.24, 2.45) is 0 Å². The van der Waals surface area contributed by atoms with Gasteiger partial charge in [0.25, 0.3) is 0 Å². The van der Waals surface area contributed by atoms with Crippen LogP contribution >= 0.6 is 11.3 Å². The van der Waals surface area contributed by atoms with Crippen LogP contribution in [0.15, 0.2) is 47.8 Å². The zero-order chi connectivity index (χ0) is 20.3. The number of carbonyl (C=O) groups excluding carboxylic acids is 2. The Labute approximate surface area is 168 Å². The summed E-state index contributed by atoms with van der Waals surface area (Å²) in [5.41, 5.74) is 5.13. The molecule has 0 bridgehead atoms. The molecule has 0 spiro atoms. The zero-order valence-corrected chi connectivity index (χ0v) is 17.2.